The molecule has 1 unspecified atom stereocenters. The molecule has 82 valence electrons. The van der Waals surface area contributed by atoms with Gasteiger partial charge >= 0.3 is 5.97 Å². The molecule has 5 heteroatoms. The van der Waals surface area contributed by atoms with Gasteiger partial charge in [0, 0.05) is 13.6 Å². The van der Waals surface area contributed by atoms with Crippen LogP contribution in [-0.4, -0.2) is 42.4 Å². The number of amides is 1. The largest absolute Gasteiger partial charge is 0.466 e. The van der Waals surface area contributed by atoms with Crippen LogP contribution in [0, 0.1) is 0 Å². The summed E-state index contributed by atoms with van der Waals surface area (Å²) in [4.78, 5) is 23.6. The fraction of sp³-hybridized carbons (Fsp3) is 0.778. The second kappa shape index (κ2) is 6.65. The molecule has 0 heterocycles. The third-order valence-corrected chi connectivity index (χ3v) is 1.86. The molecule has 1 atom stereocenters. The highest BCUT2D eigenvalue weighted by Crippen LogP contribution is 2.00. The molecule has 14 heavy (non-hydrogen) atoms. The third-order valence-electron chi connectivity index (χ3n) is 1.67. The maximum Gasteiger partial charge on any atom is 0.307 e. The molecule has 0 aromatic carbocycles. The van der Waals surface area contributed by atoms with Gasteiger partial charge in [-0.05, 0) is 13.8 Å². The van der Waals surface area contributed by atoms with Crippen molar-refractivity contribution < 1.29 is 14.3 Å². The van der Waals surface area contributed by atoms with Crippen LogP contribution in [0.2, 0.25) is 0 Å². The number of nitrogens with zero attached hydrogens (tertiary/aromatic N) is 1. The zero-order valence-electron chi connectivity index (χ0n) is 8.75. The van der Waals surface area contributed by atoms with E-state index in [2.05, 4.69) is 0 Å². The molecule has 0 spiro atoms. The Balaban J connectivity index is 3.79. The van der Waals surface area contributed by atoms with Crippen molar-refractivity contribution in [2.24, 2.45) is 0 Å². The standard InChI is InChI=1S/C9H16ClNO3/c1-4-14-8(12)5-6-11(3)9(13)7(2)10/h7H,4-6H2,1-3H3. The number of hydrogen-bond donors (Lipinski definition) is 0. The molecule has 1 amide bonds. The van der Waals surface area contributed by atoms with E-state index in [1.54, 1.807) is 20.9 Å². The second-order valence-electron chi connectivity index (χ2n) is 2.93. The fourth-order valence-electron chi connectivity index (χ4n) is 0.906. The Morgan fingerprint density at radius 3 is 2.50 bits per heavy atom. The van der Waals surface area contributed by atoms with Crippen LogP contribution in [0.3, 0.4) is 0 Å². The van der Waals surface area contributed by atoms with Gasteiger partial charge < -0.3 is 9.64 Å². The van der Waals surface area contributed by atoms with Crippen molar-refractivity contribution in [3.63, 3.8) is 0 Å². The van der Waals surface area contributed by atoms with E-state index in [1.165, 1.54) is 4.90 Å². The highest BCUT2D eigenvalue weighted by atomic mass is 35.5. The highest BCUT2D eigenvalue weighted by Gasteiger charge is 2.15. The predicted molar refractivity (Wildman–Crippen MR) is 54.2 cm³/mol. The first-order valence-corrected chi connectivity index (χ1v) is 4.97. The number of alkyl halides is 1. The molecule has 0 radical (unpaired) electrons. The van der Waals surface area contributed by atoms with Gasteiger partial charge in [-0.15, -0.1) is 11.6 Å². The molecule has 0 aromatic rings. The molecular weight excluding hydrogens is 206 g/mol. The van der Waals surface area contributed by atoms with Gasteiger partial charge in [-0.3, -0.25) is 9.59 Å². The minimum Gasteiger partial charge on any atom is -0.466 e. The molecule has 0 aliphatic rings. The summed E-state index contributed by atoms with van der Waals surface area (Å²) < 4.78 is 4.72. The van der Waals surface area contributed by atoms with Gasteiger partial charge in [-0.2, -0.15) is 0 Å². The normalized spacial score (nSPS) is 12.0. The lowest BCUT2D eigenvalue weighted by Crippen LogP contribution is -2.34. The van der Waals surface area contributed by atoms with E-state index in [0.29, 0.717) is 13.2 Å². The van der Waals surface area contributed by atoms with Gasteiger partial charge in [-0.25, -0.2) is 0 Å². The zero-order valence-corrected chi connectivity index (χ0v) is 9.50. The summed E-state index contributed by atoms with van der Waals surface area (Å²) >= 11 is 5.59. The van der Waals surface area contributed by atoms with Crippen LogP contribution in [0.1, 0.15) is 20.3 Å². The van der Waals surface area contributed by atoms with Gasteiger partial charge in [0.15, 0.2) is 0 Å². The molecule has 0 aliphatic heterocycles. The van der Waals surface area contributed by atoms with Gasteiger partial charge in [0.2, 0.25) is 5.91 Å². The summed E-state index contributed by atoms with van der Waals surface area (Å²) in [6.07, 6.45) is 0.208. The number of hydrogen-bond acceptors (Lipinski definition) is 3. The summed E-state index contributed by atoms with van der Waals surface area (Å²) in [5.41, 5.74) is 0. The number of esters is 1. The Hall–Kier alpha value is -0.770. The number of ether oxygens (including phenoxy) is 1. The number of rotatable bonds is 5. The zero-order chi connectivity index (χ0) is 11.1. The van der Waals surface area contributed by atoms with Crippen LogP contribution in [0.15, 0.2) is 0 Å². The Morgan fingerprint density at radius 2 is 2.07 bits per heavy atom. The maximum absolute atomic E-state index is 11.3. The van der Waals surface area contributed by atoms with Crippen LogP contribution >= 0.6 is 11.6 Å². The Morgan fingerprint density at radius 1 is 1.50 bits per heavy atom. The van der Waals surface area contributed by atoms with Crippen LogP contribution in [0.4, 0.5) is 0 Å². The number of carbonyl (C=O) groups is 2. The van der Waals surface area contributed by atoms with Gasteiger partial charge in [-0.1, -0.05) is 0 Å². The van der Waals surface area contributed by atoms with Crippen molar-refractivity contribution in [1.29, 1.82) is 0 Å². The lowest BCUT2D eigenvalue weighted by Gasteiger charge is -2.17. The van der Waals surface area contributed by atoms with Crippen LogP contribution in [0.25, 0.3) is 0 Å². The van der Waals surface area contributed by atoms with Crippen LogP contribution in [-0.2, 0) is 14.3 Å². The molecule has 0 fully saturated rings. The summed E-state index contributed by atoms with van der Waals surface area (Å²) in [6.45, 7) is 4.05. The van der Waals surface area contributed by atoms with Crippen molar-refractivity contribution >= 4 is 23.5 Å². The average Bonchev–Trinajstić information content (AvgIpc) is 2.13. The van der Waals surface area contributed by atoms with E-state index in [-0.39, 0.29) is 18.3 Å². The molecule has 0 aromatic heterocycles. The SMILES string of the molecule is CCOC(=O)CCN(C)C(=O)C(C)Cl. The van der Waals surface area contributed by atoms with E-state index in [9.17, 15) is 9.59 Å². The first-order chi connectivity index (χ1) is 6.49. The Bertz CT molecular complexity index is 206. The maximum atomic E-state index is 11.3. The molecule has 0 bridgehead atoms. The predicted octanol–water partition coefficient (Wildman–Crippen LogP) is 1.03. The summed E-state index contributed by atoms with van der Waals surface area (Å²) in [5, 5.41) is -0.554. The molecular formula is C9H16ClNO3. The van der Waals surface area contributed by atoms with Crippen LogP contribution < -0.4 is 0 Å². The van der Waals surface area contributed by atoms with Crippen molar-refractivity contribution in [1.82, 2.24) is 4.90 Å². The first kappa shape index (κ1) is 13.2. The quantitative estimate of drug-likeness (QED) is 0.515. The first-order valence-electron chi connectivity index (χ1n) is 4.53. The highest BCUT2D eigenvalue weighted by molar-refractivity contribution is 6.30. The monoisotopic (exact) mass is 221 g/mol. The lowest BCUT2D eigenvalue weighted by atomic mass is 10.3. The molecule has 0 saturated carbocycles. The minimum atomic E-state index is -0.554. The van der Waals surface area contributed by atoms with E-state index in [0.717, 1.165) is 0 Å². The van der Waals surface area contributed by atoms with Crippen molar-refractivity contribution in [2.45, 2.75) is 25.6 Å². The van der Waals surface area contributed by atoms with E-state index in [1.807, 2.05) is 0 Å². The van der Waals surface area contributed by atoms with Crippen LogP contribution in [0.5, 0.6) is 0 Å². The van der Waals surface area contributed by atoms with E-state index < -0.39 is 5.38 Å². The average molecular weight is 222 g/mol. The smallest absolute Gasteiger partial charge is 0.307 e. The van der Waals surface area contributed by atoms with Gasteiger partial charge in [0.05, 0.1) is 13.0 Å². The third kappa shape index (κ3) is 5.07. The molecule has 0 saturated heterocycles. The lowest BCUT2D eigenvalue weighted by molar-refractivity contribution is -0.143. The Labute approximate surface area is 89.2 Å². The molecule has 0 aliphatic carbocycles. The molecule has 0 N–H and O–H groups in total. The summed E-state index contributed by atoms with van der Waals surface area (Å²) in [7, 11) is 1.61. The van der Waals surface area contributed by atoms with Gasteiger partial charge in [0.25, 0.3) is 0 Å². The van der Waals surface area contributed by atoms with E-state index >= 15 is 0 Å². The summed E-state index contributed by atoms with van der Waals surface area (Å²) in [5.74, 6) is -0.481. The molecule has 0 rings (SSSR count). The second-order valence-corrected chi connectivity index (χ2v) is 3.59. The van der Waals surface area contributed by atoms with Crippen molar-refractivity contribution in [2.75, 3.05) is 20.2 Å². The topological polar surface area (TPSA) is 46.6 Å². The van der Waals surface area contributed by atoms with Crippen molar-refractivity contribution in [3.05, 3.63) is 0 Å². The van der Waals surface area contributed by atoms with Crippen molar-refractivity contribution in [3.8, 4) is 0 Å². The number of halogens is 1. The minimum absolute atomic E-state index is 0.184. The van der Waals surface area contributed by atoms with Gasteiger partial charge in [0.1, 0.15) is 5.38 Å². The van der Waals surface area contributed by atoms with E-state index in [4.69, 9.17) is 16.3 Å². The fourth-order valence-corrected chi connectivity index (χ4v) is 1.07. The Kier molecular flexibility index (Phi) is 6.28. The molecule has 4 nitrogen and oxygen atoms in total. The summed E-state index contributed by atoms with van der Waals surface area (Å²) in [6, 6.07) is 0. The number of carbonyl (C=O) groups excluding carboxylic acids is 2.